The van der Waals surface area contributed by atoms with E-state index in [4.69, 9.17) is 0 Å². The van der Waals surface area contributed by atoms with Crippen molar-refractivity contribution in [1.29, 1.82) is 0 Å². The molecule has 2 N–H and O–H groups in total. The van der Waals surface area contributed by atoms with E-state index in [0.717, 1.165) is 55.4 Å². The van der Waals surface area contributed by atoms with E-state index in [2.05, 4.69) is 5.32 Å². The molecule has 0 spiro atoms. The molecule has 1 heterocycles. The molecule has 19 heavy (non-hydrogen) atoms. The Hall–Kier alpha value is -1.36. The molecule has 2 aliphatic carbocycles. The molecule has 0 saturated heterocycles. The van der Waals surface area contributed by atoms with Crippen molar-refractivity contribution in [3.05, 3.63) is 20.9 Å². The summed E-state index contributed by atoms with van der Waals surface area (Å²) in [5.74, 6) is -1.15. The third kappa shape index (κ3) is 2.27. The van der Waals surface area contributed by atoms with Gasteiger partial charge >= 0.3 is 5.97 Å². The molecule has 1 aromatic rings. The van der Waals surface area contributed by atoms with Crippen LogP contribution < -0.4 is 5.32 Å². The lowest BCUT2D eigenvalue weighted by molar-refractivity contribution is 0.0690. The Morgan fingerprint density at radius 2 is 1.89 bits per heavy atom. The van der Waals surface area contributed by atoms with Gasteiger partial charge in [0.25, 0.3) is 5.91 Å². The maximum Gasteiger partial charge on any atom is 0.337 e. The highest BCUT2D eigenvalue weighted by Crippen LogP contribution is 2.35. The van der Waals surface area contributed by atoms with Gasteiger partial charge in [0.05, 0.1) is 5.56 Å². The van der Waals surface area contributed by atoms with Gasteiger partial charge in [-0.3, -0.25) is 4.79 Å². The van der Waals surface area contributed by atoms with Crippen molar-refractivity contribution in [2.24, 2.45) is 0 Å². The number of hydrogen-bond acceptors (Lipinski definition) is 3. The summed E-state index contributed by atoms with van der Waals surface area (Å²) in [6.07, 6.45) is 7.04. The Morgan fingerprint density at radius 1 is 1.16 bits per heavy atom. The van der Waals surface area contributed by atoms with Gasteiger partial charge in [0, 0.05) is 10.9 Å². The standard InChI is InChI=1S/C14H17NO3S/c16-13(15-8-4-1-2-5-8)12-11(14(17)18)9-6-3-7-10(9)19-12/h8H,1-7H2,(H,15,16)(H,17,18). The van der Waals surface area contributed by atoms with Crippen LogP contribution in [0.5, 0.6) is 0 Å². The summed E-state index contributed by atoms with van der Waals surface area (Å²) in [6.45, 7) is 0. The second kappa shape index (κ2) is 4.96. The van der Waals surface area contributed by atoms with Crippen molar-refractivity contribution in [1.82, 2.24) is 5.32 Å². The van der Waals surface area contributed by atoms with Crippen LogP contribution in [-0.2, 0) is 12.8 Å². The van der Waals surface area contributed by atoms with E-state index < -0.39 is 5.97 Å². The lowest BCUT2D eigenvalue weighted by atomic mass is 10.1. The first-order chi connectivity index (χ1) is 9.16. The van der Waals surface area contributed by atoms with Gasteiger partial charge in [-0.05, 0) is 37.7 Å². The molecular weight excluding hydrogens is 262 g/mol. The minimum absolute atomic E-state index is 0.191. The van der Waals surface area contributed by atoms with Crippen molar-refractivity contribution >= 4 is 23.2 Å². The van der Waals surface area contributed by atoms with Gasteiger partial charge in [-0.25, -0.2) is 4.79 Å². The Morgan fingerprint density at radius 3 is 2.58 bits per heavy atom. The van der Waals surface area contributed by atoms with Gasteiger partial charge in [-0.2, -0.15) is 0 Å². The zero-order valence-electron chi connectivity index (χ0n) is 10.7. The lowest BCUT2D eigenvalue weighted by Crippen LogP contribution is -2.33. The number of nitrogens with one attached hydrogen (secondary N) is 1. The number of fused-ring (bicyclic) bond motifs is 1. The summed E-state index contributed by atoms with van der Waals surface area (Å²) in [6, 6.07) is 0.228. The van der Waals surface area contributed by atoms with Gasteiger partial charge in [0.1, 0.15) is 4.88 Å². The zero-order valence-corrected chi connectivity index (χ0v) is 11.5. The van der Waals surface area contributed by atoms with Crippen LogP contribution in [0.25, 0.3) is 0 Å². The molecule has 102 valence electrons. The second-order valence-electron chi connectivity index (χ2n) is 5.32. The molecule has 4 nitrogen and oxygen atoms in total. The van der Waals surface area contributed by atoms with Crippen LogP contribution in [0, 0.1) is 0 Å². The molecule has 0 bridgehead atoms. The normalized spacial score (nSPS) is 18.5. The maximum atomic E-state index is 12.3. The lowest BCUT2D eigenvalue weighted by Gasteiger charge is -2.11. The van der Waals surface area contributed by atoms with E-state index in [1.54, 1.807) is 0 Å². The minimum Gasteiger partial charge on any atom is -0.478 e. The van der Waals surface area contributed by atoms with Gasteiger partial charge < -0.3 is 10.4 Å². The predicted molar refractivity (Wildman–Crippen MR) is 73.0 cm³/mol. The number of carbonyl (C=O) groups is 2. The summed E-state index contributed by atoms with van der Waals surface area (Å²) < 4.78 is 0. The fourth-order valence-electron chi connectivity index (χ4n) is 3.11. The molecule has 2 aliphatic rings. The van der Waals surface area contributed by atoms with Crippen LogP contribution in [0.1, 0.15) is 62.6 Å². The van der Waals surface area contributed by atoms with Gasteiger partial charge in [-0.1, -0.05) is 12.8 Å². The number of amides is 1. The molecule has 0 radical (unpaired) electrons. The molecule has 1 fully saturated rings. The smallest absolute Gasteiger partial charge is 0.337 e. The first-order valence-electron chi connectivity index (χ1n) is 6.85. The Labute approximate surface area is 115 Å². The Bertz CT molecular complexity index is 529. The monoisotopic (exact) mass is 279 g/mol. The molecule has 0 unspecified atom stereocenters. The van der Waals surface area contributed by atoms with E-state index in [-0.39, 0.29) is 17.5 Å². The van der Waals surface area contributed by atoms with Crippen LogP contribution in [0.2, 0.25) is 0 Å². The molecule has 1 saturated carbocycles. The summed E-state index contributed by atoms with van der Waals surface area (Å²) in [5, 5.41) is 12.3. The van der Waals surface area contributed by atoms with Crippen LogP contribution in [0.15, 0.2) is 0 Å². The number of carboxylic acids is 1. The van der Waals surface area contributed by atoms with E-state index in [1.165, 1.54) is 11.3 Å². The van der Waals surface area contributed by atoms with Crippen LogP contribution in [0.4, 0.5) is 0 Å². The van der Waals surface area contributed by atoms with Crippen molar-refractivity contribution in [2.75, 3.05) is 0 Å². The number of aromatic carboxylic acids is 1. The van der Waals surface area contributed by atoms with Crippen molar-refractivity contribution in [2.45, 2.75) is 51.0 Å². The highest BCUT2D eigenvalue weighted by atomic mass is 32.1. The van der Waals surface area contributed by atoms with Crippen LogP contribution >= 0.6 is 11.3 Å². The Kier molecular flexibility index (Phi) is 3.31. The first-order valence-corrected chi connectivity index (χ1v) is 7.67. The number of carboxylic acid groups (broad SMARTS) is 1. The summed E-state index contributed by atoms with van der Waals surface area (Å²) in [5.41, 5.74) is 1.15. The predicted octanol–water partition coefficient (Wildman–Crippen LogP) is 2.61. The average molecular weight is 279 g/mol. The summed E-state index contributed by atoms with van der Waals surface area (Å²) >= 11 is 1.38. The molecule has 1 amide bonds. The number of hydrogen-bond donors (Lipinski definition) is 2. The molecule has 0 aromatic carbocycles. The molecule has 1 aromatic heterocycles. The topological polar surface area (TPSA) is 66.4 Å². The Balaban J connectivity index is 1.87. The van der Waals surface area contributed by atoms with E-state index in [9.17, 15) is 14.7 Å². The zero-order chi connectivity index (χ0) is 13.4. The number of carbonyl (C=O) groups excluding carboxylic acids is 1. The van der Waals surface area contributed by atoms with Gasteiger partial charge in [0.2, 0.25) is 0 Å². The first kappa shape index (κ1) is 12.7. The molecule has 0 atom stereocenters. The minimum atomic E-state index is -0.962. The van der Waals surface area contributed by atoms with Crippen molar-refractivity contribution in [3.8, 4) is 0 Å². The third-order valence-electron chi connectivity index (χ3n) is 4.03. The SMILES string of the molecule is O=C(NC1CCCC1)c1sc2c(c1C(=O)O)CCC2. The van der Waals surface area contributed by atoms with Gasteiger partial charge in [-0.15, -0.1) is 11.3 Å². The van der Waals surface area contributed by atoms with E-state index >= 15 is 0 Å². The van der Waals surface area contributed by atoms with Crippen LogP contribution in [-0.4, -0.2) is 23.0 Å². The average Bonchev–Trinajstić information content (AvgIpc) is 3.02. The molecule has 0 aliphatic heterocycles. The number of aryl methyl sites for hydroxylation is 1. The second-order valence-corrected chi connectivity index (χ2v) is 6.43. The maximum absolute atomic E-state index is 12.3. The van der Waals surface area contributed by atoms with Gasteiger partial charge in [0.15, 0.2) is 0 Å². The van der Waals surface area contributed by atoms with E-state index in [0.29, 0.717) is 4.88 Å². The van der Waals surface area contributed by atoms with E-state index in [1.807, 2.05) is 0 Å². The van der Waals surface area contributed by atoms with Crippen LogP contribution in [0.3, 0.4) is 0 Å². The fraction of sp³-hybridized carbons (Fsp3) is 0.571. The summed E-state index contributed by atoms with van der Waals surface area (Å²) in [7, 11) is 0. The number of rotatable bonds is 3. The highest BCUT2D eigenvalue weighted by Gasteiger charge is 2.30. The number of thiophene rings is 1. The third-order valence-corrected chi connectivity index (χ3v) is 5.32. The fourth-order valence-corrected chi connectivity index (χ4v) is 4.40. The molecular formula is C14H17NO3S. The molecule has 5 heteroatoms. The van der Waals surface area contributed by atoms with Crippen molar-refractivity contribution < 1.29 is 14.7 Å². The highest BCUT2D eigenvalue weighted by molar-refractivity contribution is 7.14. The molecule has 3 rings (SSSR count). The largest absolute Gasteiger partial charge is 0.478 e. The quantitative estimate of drug-likeness (QED) is 0.893. The van der Waals surface area contributed by atoms with Crippen molar-refractivity contribution in [3.63, 3.8) is 0 Å². The summed E-state index contributed by atoms with van der Waals surface area (Å²) in [4.78, 5) is 25.2.